The van der Waals surface area contributed by atoms with Crippen molar-refractivity contribution in [2.45, 2.75) is 0 Å². The summed E-state index contributed by atoms with van der Waals surface area (Å²) in [5.41, 5.74) is -0.202. The monoisotopic (exact) mass is 353 g/mol. The Balaban J connectivity index is 2.02. The molecule has 0 aliphatic carbocycles. The third-order valence-corrected chi connectivity index (χ3v) is 3.60. The summed E-state index contributed by atoms with van der Waals surface area (Å²) in [6.45, 7) is 0. The first kappa shape index (κ1) is 16.8. The van der Waals surface area contributed by atoms with E-state index in [2.05, 4.69) is 0 Å². The fraction of sp³-hybridized carbons (Fsp3) is 0. The van der Waals surface area contributed by atoms with E-state index < -0.39 is 22.8 Å². The molecule has 4 amide bonds. The van der Waals surface area contributed by atoms with Gasteiger partial charge in [-0.15, -0.1) is 0 Å². The molecule has 9 heteroatoms. The van der Waals surface area contributed by atoms with Gasteiger partial charge in [-0.05, 0) is 29.8 Å². The maximum Gasteiger partial charge on any atom is 0.335 e. The highest BCUT2D eigenvalue weighted by molar-refractivity contribution is 6.39. The van der Waals surface area contributed by atoms with Crippen molar-refractivity contribution >= 4 is 35.3 Å². The minimum absolute atomic E-state index is 0.0139. The Morgan fingerprint density at radius 3 is 2.42 bits per heavy atom. The Morgan fingerprint density at radius 1 is 1.08 bits per heavy atom. The Morgan fingerprint density at radius 2 is 1.77 bits per heavy atom. The number of rotatable bonds is 3. The maximum absolute atomic E-state index is 12.7. The molecule has 1 aliphatic rings. The molecule has 0 saturated carbocycles. The molecule has 130 valence electrons. The lowest BCUT2D eigenvalue weighted by molar-refractivity contribution is -0.384. The van der Waals surface area contributed by atoms with Gasteiger partial charge in [0.2, 0.25) is 0 Å². The second-order valence-corrected chi connectivity index (χ2v) is 5.33. The molecule has 9 nitrogen and oxygen atoms in total. The number of phenolic OH excluding ortho intramolecular Hbond substituents is 1. The average Bonchev–Trinajstić information content (AvgIpc) is 2.60. The number of carbonyl (C=O) groups excluding carboxylic acids is 3. The molecule has 1 fully saturated rings. The van der Waals surface area contributed by atoms with Crippen molar-refractivity contribution in [1.82, 2.24) is 5.32 Å². The molecule has 2 aromatic carbocycles. The van der Waals surface area contributed by atoms with Crippen LogP contribution in [0.25, 0.3) is 6.08 Å². The van der Waals surface area contributed by atoms with E-state index in [9.17, 15) is 29.6 Å². The number of aromatic hydroxyl groups is 1. The topological polar surface area (TPSA) is 130 Å². The Labute approximate surface area is 146 Å². The number of phenols is 1. The number of nitro groups is 1. The van der Waals surface area contributed by atoms with Crippen LogP contribution in [-0.2, 0) is 9.59 Å². The van der Waals surface area contributed by atoms with Crippen LogP contribution < -0.4 is 10.2 Å². The summed E-state index contributed by atoms with van der Waals surface area (Å²) < 4.78 is 0. The minimum atomic E-state index is -0.997. The van der Waals surface area contributed by atoms with Crippen molar-refractivity contribution in [2.24, 2.45) is 0 Å². The Hall–Kier alpha value is -4.01. The van der Waals surface area contributed by atoms with Crippen LogP contribution in [0.15, 0.2) is 54.1 Å². The zero-order chi connectivity index (χ0) is 18.8. The molecule has 0 unspecified atom stereocenters. The van der Waals surface area contributed by atoms with Crippen LogP contribution in [0.2, 0.25) is 0 Å². The van der Waals surface area contributed by atoms with E-state index in [1.54, 1.807) is 0 Å². The molecule has 1 saturated heterocycles. The normalized spacial score (nSPS) is 15.9. The fourth-order valence-corrected chi connectivity index (χ4v) is 2.37. The lowest BCUT2D eigenvalue weighted by atomic mass is 10.1. The number of hydrogen-bond donors (Lipinski definition) is 2. The van der Waals surface area contributed by atoms with Gasteiger partial charge in [-0.25, -0.2) is 9.69 Å². The summed E-state index contributed by atoms with van der Waals surface area (Å²) in [5.74, 6) is -1.78. The second-order valence-electron chi connectivity index (χ2n) is 5.33. The highest BCUT2D eigenvalue weighted by Gasteiger charge is 2.37. The molecule has 2 N–H and O–H groups in total. The molecule has 1 heterocycles. The highest BCUT2D eigenvalue weighted by atomic mass is 16.6. The summed E-state index contributed by atoms with van der Waals surface area (Å²) in [6, 6.07) is 9.67. The van der Waals surface area contributed by atoms with Crippen LogP contribution in [0.1, 0.15) is 5.56 Å². The van der Waals surface area contributed by atoms with Gasteiger partial charge in [-0.1, -0.05) is 18.2 Å². The summed E-state index contributed by atoms with van der Waals surface area (Å²) in [5, 5.41) is 22.2. The molecule has 0 radical (unpaired) electrons. The summed E-state index contributed by atoms with van der Waals surface area (Å²) >= 11 is 0. The predicted molar refractivity (Wildman–Crippen MR) is 90.2 cm³/mol. The van der Waals surface area contributed by atoms with Crippen molar-refractivity contribution < 1.29 is 24.4 Å². The Bertz CT molecular complexity index is 965. The molecule has 0 atom stereocenters. The van der Waals surface area contributed by atoms with E-state index in [1.165, 1.54) is 48.5 Å². The summed E-state index contributed by atoms with van der Waals surface area (Å²) in [7, 11) is 0. The van der Waals surface area contributed by atoms with Crippen molar-refractivity contribution in [3.05, 3.63) is 69.8 Å². The van der Waals surface area contributed by atoms with Gasteiger partial charge < -0.3 is 5.11 Å². The molecular weight excluding hydrogens is 342 g/mol. The van der Waals surface area contributed by atoms with Crippen LogP contribution in [0.3, 0.4) is 0 Å². The van der Waals surface area contributed by atoms with E-state index in [-0.39, 0.29) is 22.7 Å². The van der Waals surface area contributed by atoms with Crippen molar-refractivity contribution in [1.29, 1.82) is 0 Å². The number of amides is 4. The summed E-state index contributed by atoms with van der Waals surface area (Å²) in [6.07, 6.45) is 1.26. The second kappa shape index (κ2) is 6.48. The minimum Gasteiger partial charge on any atom is -0.508 e. The standard InChI is InChI=1S/C17H11N3O6/c21-13-6-4-10(5-7-13)8-14-15(22)18-17(24)19(16(14)23)11-2-1-3-12(9-11)20(25)26/h1-9,21H,(H,18,22,24)/b14-8-. The van der Waals surface area contributed by atoms with Crippen molar-refractivity contribution in [3.8, 4) is 5.75 Å². The first-order valence-electron chi connectivity index (χ1n) is 7.32. The van der Waals surface area contributed by atoms with E-state index in [0.717, 1.165) is 6.07 Å². The number of nitrogens with zero attached hydrogens (tertiary/aromatic N) is 2. The third kappa shape index (κ3) is 3.13. The van der Waals surface area contributed by atoms with Crippen LogP contribution in [0.4, 0.5) is 16.2 Å². The van der Waals surface area contributed by atoms with Crippen molar-refractivity contribution in [3.63, 3.8) is 0 Å². The predicted octanol–water partition coefficient (Wildman–Crippen LogP) is 1.97. The number of carbonyl (C=O) groups is 3. The molecule has 1 aliphatic heterocycles. The van der Waals surface area contributed by atoms with Gasteiger partial charge in [-0.2, -0.15) is 0 Å². The number of barbiturate groups is 1. The van der Waals surface area contributed by atoms with Gasteiger partial charge in [0.1, 0.15) is 11.3 Å². The zero-order valence-electron chi connectivity index (χ0n) is 13.1. The molecule has 0 bridgehead atoms. The largest absolute Gasteiger partial charge is 0.508 e. The fourth-order valence-electron chi connectivity index (χ4n) is 2.37. The van der Waals surface area contributed by atoms with Gasteiger partial charge in [-0.3, -0.25) is 25.0 Å². The quantitative estimate of drug-likeness (QED) is 0.375. The van der Waals surface area contributed by atoms with Crippen LogP contribution in [0, 0.1) is 10.1 Å². The average molecular weight is 353 g/mol. The maximum atomic E-state index is 12.7. The van der Waals surface area contributed by atoms with Gasteiger partial charge >= 0.3 is 6.03 Å². The molecule has 26 heavy (non-hydrogen) atoms. The van der Waals surface area contributed by atoms with Crippen LogP contribution >= 0.6 is 0 Å². The van der Waals surface area contributed by atoms with E-state index in [4.69, 9.17) is 0 Å². The molecular formula is C17H11N3O6. The summed E-state index contributed by atoms with van der Waals surface area (Å²) in [4.78, 5) is 47.7. The van der Waals surface area contributed by atoms with Gasteiger partial charge in [0.15, 0.2) is 0 Å². The smallest absolute Gasteiger partial charge is 0.335 e. The number of benzene rings is 2. The van der Waals surface area contributed by atoms with E-state index in [0.29, 0.717) is 10.5 Å². The number of imide groups is 2. The molecule has 0 aromatic heterocycles. The van der Waals surface area contributed by atoms with Gasteiger partial charge in [0.25, 0.3) is 17.5 Å². The molecule has 0 spiro atoms. The van der Waals surface area contributed by atoms with Crippen LogP contribution in [0.5, 0.6) is 5.75 Å². The SMILES string of the molecule is O=C1NC(=O)N(c2cccc([N+](=O)[O-])c2)C(=O)/C1=C\c1ccc(O)cc1. The highest BCUT2D eigenvalue weighted by Crippen LogP contribution is 2.25. The first-order chi connectivity index (χ1) is 12.4. The zero-order valence-corrected chi connectivity index (χ0v) is 13.1. The van der Waals surface area contributed by atoms with E-state index >= 15 is 0 Å². The third-order valence-electron chi connectivity index (χ3n) is 3.60. The van der Waals surface area contributed by atoms with Crippen molar-refractivity contribution in [2.75, 3.05) is 4.90 Å². The number of nitrogens with one attached hydrogen (secondary N) is 1. The molecule has 3 rings (SSSR count). The van der Waals surface area contributed by atoms with Gasteiger partial charge in [0.05, 0.1) is 10.6 Å². The first-order valence-corrected chi connectivity index (χ1v) is 7.32. The lowest BCUT2D eigenvalue weighted by Crippen LogP contribution is -2.54. The van der Waals surface area contributed by atoms with Crippen LogP contribution in [-0.4, -0.2) is 27.9 Å². The van der Waals surface area contributed by atoms with Gasteiger partial charge in [0, 0.05) is 12.1 Å². The number of anilines is 1. The number of urea groups is 1. The lowest BCUT2D eigenvalue weighted by Gasteiger charge is -2.26. The van der Waals surface area contributed by atoms with E-state index in [1.807, 2.05) is 5.32 Å². The number of non-ortho nitro benzene ring substituents is 1. The number of hydrogen-bond acceptors (Lipinski definition) is 6. The molecule has 2 aromatic rings. The number of nitro benzene ring substituents is 1. The Kier molecular flexibility index (Phi) is 4.19.